The van der Waals surface area contributed by atoms with Crippen molar-refractivity contribution in [3.8, 4) is 5.75 Å². The average molecular weight is 401 g/mol. The maximum absolute atomic E-state index is 12.1. The highest BCUT2D eigenvalue weighted by Crippen LogP contribution is 2.28. The molecule has 0 unspecified atom stereocenters. The Morgan fingerprint density at radius 3 is 2.50 bits per heavy atom. The van der Waals surface area contributed by atoms with Gasteiger partial charge in [-0.2, -0.15) is 0 Å². The lowest BCUT2D eigenvalue weighted by molar-refractivity contribution is -0.133. The van der Waals surface area contributed by atoms with E-state index in [0.29, 0.717) is 17.4 Å². The van der Waals surface area contributed by atoms with Gasteiger partial charge in [0.05, 0.1) is 12.8 Å². The first-order valence-corrected chi connectivity index (χ1v) is 9.04. The molecule has 28 heavy (non-hydrogen) atoms. The smallest absolute Gasteiger partial charge is 0.356 e. The predicted octanol–water partition coefficient (Wildman–Crippen LogP) is 4.13. The number of carbonyl (C=O) groups excluding carboxylic acids is 1. The summed E-state index contributed by atoms with van der Waals surface area (Å²) >= 11 is 5.93. The molecule has 0 spiro atoms. The summed E-state index contributed by atoms with van der Waals surface area (Å²) in [6, 6.07) is 15.2. The number of para-hydroxylation sites is 1. The van der Waals surface area contributed by atoms with E-state index in [1.807, 2.05) is 43.4 Å². The molecule has 0 N–H and O–H groups in total. The molecule has 0 fully saturated rings. The van der Waals surface area contributed by atoms with Gasteiger partial charge >= 0.3 is 5.97 Å². The highest BCUT2D eigenvalue weighted by atomic mass is 35.5. The number of hydrogen-bond acceptors (Lipinski definition) is 5. The van der Waals surface area contributed by atoms with Crippen LogP contribution in [0.4, 0.5) is 0 Å². The Morgan fingerprint density at radius 2 is 1.82 bits per heavy atom. The number of nitrogens with zero attached hydrogens (tertiary/aromatic N) is 2. The summed E-state index contributed by atoms with van der Waals surface area (Å²) in [4.78, 5) is 16.9. The normalized spacial score (nSPS) is 11.5. The lowest BCUT2D eigenvalue weighted by atomic mass is 10.0. The molecule has 6 nitrogen and oxygen atoms in total. The van der Waals surface area contributed by atoms with Gasteiger partial charge in [0, 0.05) is 29.4 Å². The number of esters is 1. The molecular formula is C21H21ClN2O4. The Balaban J connectivity index is 1.99. The van der Waals surface area contributed by atoms with Crippen LogP contribution in [0, 0.1) is 0 Å². The largest absolute Gasteiger partial charge is 0.487 e. The Kier molecular flexibility index (Phi) is 6.21. The molecular weight excluding hydrogens is 380 g/mol. The van der Waals surface area contributed by atoms with Gasteiger partial charge in [0.15, 0.2) is 5.71 Å². The van der Waals surface area contributed by atoms with Crippen molar-refractivity contribution < 1.29 is 19.1 Å². The van der Waals surface area contributed by atoms with E-state index in [-0.39, 0.29) is 12.1 Å². The molecule has 146 valence electrons. The van der Waals surface area contributed by atoms with Gasteiger partial charge in [0.25, 0.3) is 0 Å². The zero-order valence-corrected chi connectivity index (χ0v) is 16.7. The molecule has 0 bridgehead atoms. The van der Waals surface area contributed by atoms with E-state index in [4.69, 9.17) is 25.9 Å². The van der Waals surface area contributed by atoms with E-state index >= 15 is 0 Å². The van der Waals surface area contributed by atoms with Gasteiger partial charge in [-0.25, -0.2) is 4.79 Å². The van der Waals surface area contributed by atoms with Crippen LogP contribution in [0.5, 0.6) is 5.75 Å². The average Bonchev–Trinajstić information content (AvgIpc) is 2.98. The highest BCUT2D eigenvalue weighted by Gasteiger charge is 2.21. The summed E-state index contributed by atoms with van der Waals surface area (Å²) in [5.74, 6) is 0.179. The number of benzene rings is 2. The van der Waals surface area contributed by atoms with Crippen molar-refractivity contribution in [2.45, 2.75) is 13.0 Å². The fraction of sp³-hybridized carbons (Fsp3) is 0.238. The summed E-state index contributed by atoms with van der Waals surface area (Å²) in [6.07, 6.45) is 0.265. The van der Waals surface area contributed by atoms with E-state index in [2.05, 4.69) is 9.72 Å². The first-order chi connectivity index (χ1) is 13.5. The number of hydrogen-bond donors (Lipinski definition) is 0. The quantitative estimate of drug-likeness (QED) is 0.340. The van der Waals surface area contributed by atoms with Crippen LogP contribution in [-0.4, -0.2) is 30.5 Å². The molecule has 3 rings (SSSR count). The van der Waals surface area contributed by atoms with Crippen molar-refractivity contribution in [3.05, 3.63) is 64.8 Å². The molecule has 0 saturated carbocycles. The molecule has 0 radical (unpaired) electrons. The molecule has 0 atom stereocenters. The van der Waals surface area contributed by atoms with E-state index in [9.17, 15) is 4.79 Å². The molecule has 0 amide bonds. The lowest BCUT2D eigenvalue weighted by Gasteiger charge is -2.11. The lowest BCUT2D eigenvalue weighted by Crippen LogP contribution is -2.20. The molecule has 1 aromatic heterocycles. The minimum Gasteiger partial charge on any atom is -0.487 e. The highest BCUT2D eigenvalue weighted by molar-refractivity contribution is 6.37. The topological polar surface area (TPSA) is 62.0 Å². The number of methoxy groups -OCH3 is 1. The summed E-state index contributed by atoms with van der Waals surface area (Å²) < 4.78 is 12.9. The van der Waals surface area contributed by atoms with Crippen LogP contribution in [0.2, 0.25) is 5.02 Å². The third-order valence-electron chi connectivity index (χ3n) is 4.50. The third kappa shape index (κ3) is 4.12. The van der Waals surface area contributed by atoms with Crippen molar-refractivity contribution in [2.24, 2.45) is 12.2 Å². The summed E-state index contributed by atoms with van der Waals surface area (Å²) in [7, 11) is 4.69. The Bertz CT molecular complexity index is 1010. The van der Waals surface area contributed by atoms with E-state index in [1.54, 1.807) is 12.1 Å². The summed E-state index contributed by atoms with van der Waals surface area (Å²) in [5, 5.41) is 5.52. The van der Waals surface area contributed by atoms with Crippen molar-refractivity contribution in [1.29, 1.82) is 0 Å². The van der Waals surface area contributed by atoms with Gasteiger partial charge in [-0.15, -0.1) is 0 Å². The van der Waals surface area contributed by atoms with Crippen LogP contribution in [0.3, 0.4) is 0 Å². The van der Waals surface area contributed by atoms with Crippen molar-refractivity contribution in [1.82, 2.24) is 4.57 Å². The van der Waals surface area contributed by atoms with Gasteiger partial charge in [0.2, 0.25) is 0 Å². The molecule has 7 heteroatoms. The summed E-state index contributed by atoms with van der Waals surface area (Å²) in [5.41, 5.74) is 3.10. The minimum absolute atomic E-state index is 0.189. The number of carbonyl (C=O) groups is 1. The van der Waals surface area contributed by atoms with Crippen LogP contribution in [0.25, 0.3) is 10.9 Å². The monoisotopic (exact) mass is 400 g/mol. The maximum atomic E-state index is 12.1. The second-order valence-electron chi connectivity index (χ2n) is 6.13. The van der Waals surface area contributed by atoms with Crippen LogP contribution in [0.15, 0.2) is 53.7 Å². The van der Waals surface area contributed by atoms with Crippen molar-refractivity contribution in [2.75, 3.05) is 14.2 Å². The molecule has 2 aromatic carbocycles. The van der Waals surface area contributed by atoms with Gasteiger partial charge in [-0.3, -0.25) is 0 Å². The second-order valence-corrected chi connectivity index (χ2v) is 6.57. The van der Waals surface area contributed by atoms with Gasteiger partial charge < -0.3 is 18.9 Å². The van der Waals surface area contributed by atoms with Crippen LogP contribution >= 0.6 is 11.6 Å². The van der Waals surface area contributed by atoms with Gasteiger partial charge in [-0.1, -0.05) is 35.0 Å². The number of halogens is 1. The first kappa shape index (κ1) is 19.8. The van der Waals surface area contributed by atoms with Crippen LogP contribution in [0.1, 0.15) is 11.3 Å². The van der Waals surface area contributed by atoms with Gasteiger partial charge in [0.1, 0.15) is 19.5 Å². The number of oxime groups is 1. The van der Waals surface area contributed by atoms with E-state index < -0.39 is 5.97 Å². The predicted molar refractivity (Wildman–Crippen MR) is 109 cm³/mol. The van der Waals surface area contributed by atoms with Crippen molar-refractivity contribution in [3.63, 3.8) is 0 Å². The number of ether oxygens (including phenoxy) is 2. The molecule has 0 aliphatic heterocycles. The fourth-order valence-corrected chi connectivity index (χ4v) is 3.25. The Labute approximate surface area is 168 Å². The maximum Gasteiger partial charge on any atom is 0.356 e. The van der Waals surface area contributed by atoms with Crippen molar-refractivity contribution >= 4 is 34.2 Å². The van der Waals surface area contributed by atoms with E-state index in [0.717, 1.165) is 22.2 Å². The first-order valence-electron chi connectivity index (χ1n) is 8.67. The Morgan fingerprint density at radius 1 is 1.11 bits per heavy atom. The number of fused-ring (bicyclic) bond motifs is 1. The SMILES string of the molecule is CO/N=C(/Cc1c(COc2ccc(Cl)cc2)n(C)c2ccccc12)C(=O)OC. The fourth-order valence-electron chi connectivity index (χ4n) is 3.13. The Hall–Kier alpha value is -2.99. The summed E-state index contributed by atoms with van der Waals surface area (Å²) in [6.45, 7) is 0.323. The zero-order valence-electron chi connectivity index (χ0n) is 15.9. The van der Waals surface area contributed by atoms with Gasteiger partial charge in [-0.05, 0) is 35.9 Å². The van der Waals surface area contributed by atoms with E-state index in [1.165, 1.54) is 14.2 Å². The molecule has 1 heterocycles. The second kappa shape index (κ2) is 8.80. The number of aromatic nitrogens is 1. The van der Waals surface area contributed by atoms with Crippen LogP contribution in [-0.2, 0) is 34.4 Å². The standard InChI is InChI=1S/C21H21ClN2O4/c1-24-19-7-5-4-6-16(19)17(12-18(23-27-3)21(25)26-2)20(24)13-28-15-10-8-14(22)9-11-15/h4-11H,12-13H2,1-3H3/b23-18-. The molecule has 0 aliphatic rings. The minimum atomic E-state index is -0.528. The number of rotatable bonds is 7. The third-order valence-corrected chi connectivity index (χ3v) is 4.75. The zero-order chi connectivity index (χ0) is 20.1. The molecule has 0 saturated heterocycles. The molecule has 0 aliphatic carbocycles. The molecule has 3 aromatic rings. The number of aryl methyl sites for hydroxylation is 1. The van der Waals surface area contributed by atoms with Crippen LogP contribution < -0.4 is 4.74 Å².